The molecule has 1 fully saturated rings. The van der Waals surface area contributed by atoms with Crippen LogP contribution in [0.5, 0.6) is 5.75 Å². The molecule has 4 aromatic rings. The minimum absolute atomic E-state index is 0.0151. The van der Waals surface area contributed by atoms with Crippen molar-refractivity contribution < 1.29 is 22.7 Å². The average Bonchev–Trinajstić information content (AvgIpc) is 3.34. The lowest BCUT2D eigenvalue weighted by Crippen LogP contribution is -2.46. The Hall–Kier alpha value is -3.40. The Morgan fingerprint density at radius 3 is 2.46 bits per heavy atom. The Kier molecular flexibility index (Phi) is 6.94. The summed E-state index contributed by atoms with van der Waals surface area (Å²) in [6, 6.07) is 7.80. The second-order valence-corrected chi connectivity index (χ2v) is 9.38. The van der Waals surface area contributed by atoms with E-state index in [4.69, 9.17) is 38.1 Å². The first kappa shape index (κ1) is 25.3. The molecule has 0 radical (unpaired) electrons. The van der Waals surface area contributed by atoms with Crippen molar-refractivity contribution in [3.63, 3.8) is 0 Å². The summed E-state index contributed by atoms with van der Waals surface area (Å²) in [5.41, 5.74) is 8.38. The molecular formula is C26H22Cl2F2N4O3. The smallest absolute Gasteiger partial charge is 0.253 e. The lowest BCUT2D eigenvalue weighted by atomic mass is 10.0. The molecule has 1 saturated heterocycles. The maximum atomic E-state index is 14.1. The molecule has 7 nitrogen and oxygen atoms in total. The van der Waals surface area contributed by atoms with Gasteiger partial charge in [0, 0.05) is 55.1 Å². The van der Waals surface area contributed by atoms with E-state index in [1.807, 2.05) is 17.0 Å². The van der Waals surface area contributed by atoms with Crippen molar-refractivity contribution in [3.8, 4) is 16.9 Å². The molecule has 1 aliphatic heterocycles. The molecule has 2 aromatic heterocycles. The van der Waals surface area contributed by atoms with Crippen LogP contribution in [0, 0.1) is 11.6 Å². The van der Waals surface area contributed by atoms with Gasteiger partial charge in [0.1, 0.15) is 17.7 Å². The number of hydrogen-bond donors (Lipinski definition) is 2. The third-order valence-corrected chi connectivity index (χ3v) is 7.06. The van der Waals surface area contributed by atoms with Crippen molar-refractivity contribution in [3.05, 3.63) is 75.6 Å². The number of ether oxygens (including phenoxy) is 1. The number of nitrogens with one attached hydrogen (secondary N) is 1. The Morgan fingerprint density at radius 2 is 1.81 bits per heavy atom. The summed E-state index contributed by atoms with van der Waals surface area (Å²) >= 11 is 12.1. The normalized spacial score (nSPS) is 14.7. The van der Waals surface area contributed by atoms with Gasteiger partial charge in [-0.3, -0.25) is 4.79 Å². The minimum Gasteiger partial charge on any atom is -0.478 e. The Labute approximate surface area is 221 Å². The number of anilines is 1. The zero-order valence-corrected chi connectivity index (χ0v) is 21.2. The van der Waals surface area contributed by atoms with Crippen molar-refractivity contribution in [1.82, 2.24) is 15.2 Å². The van der Waals surface area contributed by atoms with Gasteiger partial charge in [0.05, 0.1) is 21.7 Å². The number of nitrogens with two attached hydrogens (primary N) is 1. The number of carbonyl (C=O) groups excluding carboxylic acids is 1. The lowest BCUT2D eigenvalue weighted by Gasteiger charge is -2.27. The first-order chi connectivity index (χ1) is 17.8. The number of rotatable bonds is 5. The summed E-state index contributed by atoms with van der Waals surface area (Å²) < 4.78 is 39.9. The zero-order chi connectivity index (χ0) is 26.3. The second kappa shape index (κ2) is 10.2. The van der Waals surface area contributed by atoms with E-state index in [1.165, 1.54) is 13.2 Å². The Balaban J connectivity index is 1.45. The number of nitrogens with zero attached hydrogens (tertiary/aromatic N) is 2. The van der Waals surface area contributed by atoms with E-state index in [9.17, 15) is 13.6 Å². The molecule has 0 spiro atoms. The molecule has 1 atom stereocenters. The number of amides is 1. The van der Waals surface area contributed by atoms with Crippen LogP contribution in [0.2, 0.25) is 10.0 Å². The quantitative estimate of drug-likeness (QED) is 0.305. The highest BCUT2D eigenvalue weighted by molar-refractivity contribution is 6.36. The topological polar surface area (TPSA) is 93.6 Å². The van der Waals surface area contributed by atoms with E-state index in [0.717, 1.165) is 18.7 Å². The first-order valence-corrected chi connectivity index (χ1v) is 12.3. The van der Waals surface area contributed by atoms with Crippen LogP contribution in [0.1, 0.15) is 28.9 Å². The van der Waals surface area contributed by atoms with Gasteiger partial charge in [-0.15, -0.1) is 0 Å². The van der Waals surface area contributed by atoms with Gasteiger partial charge in [0.15, 0.2) is 11.4 Å². The number of halogens is 4. The highest BCUT2D eigenvalue weighted by Gasteiger charge is 2.25. The summed E-state index contributed by atoms with van der Waals surface area (Å²) in [6.45, 7) is 4.41. The Morgan fingerprint density at radius 1 is 1.16 bits per heavy atom. The number of aromatic nitrogens is 1. The third kappa shape index (κ3) is 4.70. The summed E-state index contributed by atoms with van der Waals surface area (Å²) in [6.07, 6.45) is 2.09. The number of nitrogen functional groups attached to an aromatic ring is 1. The number of fused-ring (bicyclic) bond motifs is 1. The molecule has 0 unspecified atom stereocenters. The van der Waals surface area contributed by atoms with Gasteiger partial charge in [-0.05, 0) is 24.6 Å². The average molecular weight is 547 g/mol. The van der Waals surface area contributed by atoms with Gasteiger partial charge in [-0.25, -0.2) is 13.8 Å². The SMILES string of the molecule is C[C@@H](Oc1c(N)ncc2c(-c3ccc(C(=O)N4CCNCC4)cc3)coc12)c1c(Cl)c(F)cc(F)c1Cl. The van der Waals surface area contributed by atoms with E-state index in [2.05, 4.69) is 10.3 Å². The van der Waals surface area contributed by atoms with Crippen LogP contribution >= 0.6 is 23.2 Å². The molecule has 0 bridgehead atoms. The third-order valence-electron chi connectivity index (χ3n) is 6.29. The van der Waals surface area contributed by atoms with Crippen LogP contribution in [-0.2, 0) is 0 Å². The number of carbonyl (C=O) groups is 1. The van der Waals surface area contributed by atoms with Crippen LogP contribution in [0.25, 0.3) is 22.1 Å². The van der Waals surface area contributed by atoms with Crippen molar-refractivity contribution >= 4 is 45.9 Å². The number of pyridine rings is 1. The minimum atomic E-state index is -0.983. The molecule has 37 heavy (non-hydrogen) atoms. The highest BCUT2D eigenvalue weighted by Crippen LogP contribution is 2.42. The van der Waals surface area contributed by atoms with E-state index >= 15 is 0 Å². The molecule has 192 valence electrons. The van der Waals surface area contributed by atoms with E-state index in [0.29, 0.717) is 41.3 Å². The molecule has 0 saturated carbocycles. The van der Waals surface area contributed by atoms with Crippen LogP contribution in [0.4, 0.5) is 14.6 Å². The largest absolute Gasteiger partial charge is 0.478 e. The predicted molar refractivity (Wildman–Crippen MR) is 138 cm³/mol. The van der Waals surface area contributed by atoms with Crippen LogP contribution < -0.4 is 15.8 Å². The fourth-order valence-corrected chi connectivity index (χ4v) is 5.00. The van der Waals surface area contributed by atoms with Gasteiger partial charge >= 0.3 is 0 Å². The lowest BCUT2D eigenvalue weighted by molar-refractivity contribution is 0.0736. The predicted octanol–water partition coefficient (Wildman–Crippen LogP) is 5.85. The van der Waals surface area contributed by atoms with Crippen molar-refractivity contribution in [2.75, 3.05) is 31.9 Å². The van der Waals surface area contributed by atoms with E-state index in [-0.39, 0.29) is 33.1 Å². The molecular weight excluding hydrogens is 525 g/mol. The molecule has 1 amide bonds. The fraction of sp³-hybridized carbons (Fsp3) is 0.231. The first-order valence-electron chi connectivity index (χ1n) is 11.5. The van der Waals surface area contributed by atoms with Gasteiger partial charge in [0.2, 0.25) is 5.75 Å². The molecule has 0 aliphatic carbocycles. The number of piperazine rings is 1. The fourth-order valence-electron chi connectivity index (χ4n) is 4.34. The van der Waals surface area contributed by atoms with Crippen LogP contribution in [0.15, 0.2) is 47.2 Å². The maximum absolute atomic E-state index is 14.1. The summed E-state index contributed by atoms with van der Waals surface area (Å²) in [5.74, 6) is -1.84. The van der Waals surface area contributed by atoms with Crippen LogP contribution in [0.3, 0.4) is 0 Å². The van der Waals surface area contributed by atoms with Gasteiger partial charge in [-0.2, -0.15) is 0 Å². The van der Waals surface area contributed by atoms with Crippen LogP contribution in [-0.4, -0.2) is 42.0 Å². The van der Waals surface area contributed by atoms with E-state index in [1.54, 1.807) is 18.3 Å². The molecule has 3 N–H and O–H groups in total. The molecule has 1 aliphatic rings. The standard InChI is InChI=1S/C26H22Cl2F2N4O3/c1-13(20-21(27)18(29)10-19(30)22(20)28)37-24-23-16(11-33-25(24)31)17(12-36-23)14-2-4-15(5-3-14)26(35)34-8-6-32-7-9-34/h2-5,10-13,32H,6-9H2,1H3,(H2,31,33)/t13-/m1/s1. The highest BCUT2D eigenvalue weighted by atomic mass is 35.5. The van der Waals surface area contributed by atoms with Crippen molar-refractivity contribution in [2.24, 2.45) is 0 Å². The summed E-state index contributed by atoms with van der Waals surface area (Å²) in [7, 11) is 0. The number of furan rings is 1. The summed E-state index contributed by atoms with van der Waals surface area (Å²) in [5, 5.41) is 3.12. The summed E-state index contributed by atoms with van der Waals surface area (Å²) in [4.78, 5) is 18.8. The molecule has 5 rings (SSSR count). The zero-order valence-electron chi connectivity index (χ0n) is 19.7. The number of hydrogen-bond acceptors (Lipinski definition) is 6. The van der Waals surface area contributed by atoms with Crippen molar-refractivity contribution in [2.45, 2.75) is 13.0 Å². The van der Waals surface area contributed by atoms with Gasteiger partial charge in [0.25, 0.3) is 5.91 Å². The van der Waals surface area contributed by atoms with Gasteiger partial charge in [-0.1, -0.05) is 35.3 Å². The molecule has 3 heterocycles. The van der Waals surface area contributed by atoms with Crippen molar-refractivity contribution in [1.29, 1.82) is 0 Å². The molecule has 11 heteroatoms. The monoisotopic (exact) mass is 546 g/mol. The number of benzene rings is 2. The Bertz CT molecular complexity index is 1460. The van der Waals surface area contributed by atoms with E-state index < -0.39 is 17.7 Å². The second-order valence-electron chi connectivity index (χ2n) is 8.63. The molecule has 2 aromatic carbocycles. The van der Waals surface area contributed by atoms with Gasteiger partial charge < -0.3 is 25.1 Å². The maximum Gasteiger partial charge on any atom is 0.253 e.